The van der Waals surface area contributed by atoms with E-state index in [4.69, 9.17) is 0 Å². The smallest absolute Gasteiger partial charge is 0.0211 e. The fourth-order valence-electron chi connectivity index (χ4n) is 2.96. The average Bonchev–Trinajstić information content (AvgIpc) is 2.89. The Kier molecular flexibility index (Phi) is 3.25. The number of hydrogen-bond acceptors (Lipinski definition) is 0. The molecule has 2 aromatic carbocycles. The molecule has 1 aliphatic carbocycles. The molecule has 0 saturated carbocycles. The Balaban J connectivity index is 2.06. The minimum atomic E-state index is 1.10. The molecule has 0 heteroatoms. The van der Waals surface area contributed by atoms with E-state index in [1.54, 1.807) is 0 Å². The van der Waals surface area contributed by atoms with Gasteiger partial charge in [-0.1, -0.05) is 62.4 Å². The van der Waals surface area contributed by atoms with E-state index in [0.29, 0.717) is 0 Å². The lowest BCUT2D eigenvalue weighted by molar-refractivity contribution is 1.03. The first-order valence-electron chi connectivity index (χ1n) is 7.10. The third kappa shape index (κ3) is 2.12. The van der Waals surface area contributed by atoms with Gasteiger partial charge in [0, 0.05) is 6.42 Å². The molecule has 0 bridgehead atoms. The van der Waals surface area contributed by atoms with E-state index >= 15 is 0 Å². The van der Waals surface area contributed by atoms with Crippen molar-refractivity contribution in [3.8, 4) is 0 Å². The van der Waals surface area contributed by atoms with Gasteiger partial charge in [-0.2, -0.15) is 0 Å². The zero-order chi connectivity index (χ0) is 13.2. The molecule has 3 rings (SSSR count). The number of allylic oxidation sites excluding steroid dienone is 1. The van der Waals surface area contributed by atoms with E-state index in [-0.39, 0.29) is 0 Å². The molecule has 95 valence electrons. The third-order valence-corrected chi connectivity index (χ3v) is 3.94. The number of aryl methyl sites for hydroxylation is 1. The largest absolute Gasteiger partial charge is 0.0619 e. The normalized spacial score (nSPS) is 13.3. The van der Waals surface area contributed by atoms with Crippen molar-refractivity contribution >= 4 is 11.6 Å². The molecule has 0 heterocycles. The summed E-state index contributed by atoms with van der Waals surface area (Å²) in [4.78, 5) is 0. The van der Waals surface area contributed by atoms with Crippen molar-refractivity contribution in [3.05, 3.63) is 76.7 Å². The van der Waals surface area contributed by atoms with Gasteiger partial charge >= 0.3 is 0 Å². The van der Waals surface area contributed by atoms with Crippen LogP contribution in [0.1, 0.15) is 41.7 Å². The molecule has 2 aromatic rings. The van der Waals surface area contributed by atoms with Gasteiger partial charge in [0.15, 0.2) is 0 Å². The molecule has 1 radical (unpaired) electrons. The van der Waals surface area contributed by atoms with Gasteiger partial charge in [0.25, 0.3) is 0 Å². The summed E-state index contributed by atoms with van der Waals surface area (Å²) in [5, 5.41) is 0. The van der Waals surface area contributed by atoms with E-state index in [1.807, 2.05) is 0 Å². The molecule has 0 atom stereocenters. The Morgan fingerprint density at radius 3 is 2.26 bits per heavy atom. The van der Waals surface area contributed by atoms with Gasteiger partial charge < -0.3 is 0 Å². The van der Waals surface area contributed by atoms with Crippen LogP contribution in [-0.4, -0.2) is 0 Å². The fourth-order valence-corrected chi connectivity index (χ4v) is 2.96. The first-order chi connectivity index (χ1) is 9.33. The van der Waals surface area contributed by atoms with Crippen molar-refractivity contribution in [2.45, 2.75) is 26.7 Å². The lowest BCUT2D eigenvalue weighted by atomic mass is 9.92. The predicted octanol–water partition coefficient (Wildman–Crippen LogP) is 4.92. The lowest BCUT2D eigenvalue weighted by Crippen LogP contribution is -1.97. The molecule has 0 fully saturated rings. The molecule has 0 unspecified atom stereocenters. The average molecular weight is 247 g/mol. The van der Waals surface area contributed by atoms with Gasteiger partial charge in [-0.15, -0.1) is 0 Å². The van der Waals surface area contributed by atoms with Crippen molar-refractivity contribution in [1.29, 1.82) is 0 Å². The predicted molar refractivity (Wildman–Crippen MR) is 82.9 cm³/mol. The summed E-state index contributed by atoms with van der Waals surface area (Å²) in [6.07, 6.45) is 6.82. The summed E-state index contributed by atoms with van der Waals surface area (Å²) in [5.74, 6) is 0. The molecule has 0 aliphatic heterocycles. The highest BCUT2D eigenvalue weighted by Crippen LogP contribution is 2.35. The summed E-state index contributed by atoms with van der Waals surface area (Å²) in [6.45, 7) is 4.49. The van der Waals surface area contributed by atoms with Crippen molar-refractivity contribution < 1.29 is 0 Å². The van der Waals surface area contributed by atoms with Gasteiger partial charge in [0.05, 0.1) is 0 Å². The van der Waals surface area contributed by atoms with Gasteiger partial charge in [0.2, 0.25) is 0 Å². The van der Waals surface area contributed by atoms with Crippen molar-refractivity contribution in [2.24, 2.45) is 0 Å². The van der Waals surface area contributed by atoms with Gasteiger partial charge in [-0.05, 0) is 46.2 Å². The third-order valence-electron chi connectivity index (χ3n) is 3.94. The summed E-state index contributed by atoms with van der Waals surface area (Å²) < 4.78 is 0. The van der Waals surface area contributed by atoms with Crippen molar-refractivity contribution in [3.63, 3.8) is 0 Å². The number of hydrogen-bond donors (Lipinski definition) is 0. The van der Waals surface area contributed by atoms with Gasteiger partial charge in [0.1, 0.15) is 0 Å². The molecule has 0 N–H and O–H groups in total. The molecular formula is C19H19. The Morgan fingerprint density at radius 2 is 1.58 bits per heavy atom. The van der Waals surface area contributed by atoms with Crippen LogP contribution < -0.4 is 0 Å². The highest BCUT2D eigenvalue weighted by atomic mass is 14.2. The molecule has 0 saturated heterocycles. The molecule has 19 heavy (non-hydrogen) atoms. The zero-order valence-corrected chi connectivity index (χ0v) is 11.6. The first-order valence-corrected chi connectivity index (χ1v) is 7.10. The Morgan fingerprint density at radius 1 is 0.789 bits per heavy atom. The number of benzene rings is 2. The first kappa shape index (κ1) is 12.2. The summed E-state index contributed by atoms with van der Waals surface area (Å²) in [7, 11) is 0. The van der Waals surface area contributed by atoms with Gasteiger partial charge in [-0.25, -0.2) is 0 Å². The van der Waals surface area contributed by atoms with Gasteiger partial charge in [-0.3, -0.25) is 0 Å². The SMILES string of the molecule is CCc1cccc(C2=Cc3ccccc3[CH]2)c1CC. The van der Waals surface area contributed by atoms with E-state index in [2.05, 4.69) is 68.8 Å². The van der Waals surface area contributed by atoms with Crippen LogP contribution in [-0.2, 0) is 12.8 Å². The second kappa shape index (κ2) is 5.05. The minimum Gasteiger partial charge on any atom is -0.0619 e. The maximum Gasteiger partial charge on any atom is 0.0211 e. The highest BCUT2D eigenvalue weighted by Gasteiger charge is 2.16. The zero-order valence-electron chi connectivity index (χ0n) is 11.6. The maximum atomic E-state index is 2.31. The molecule has 0 nitrogen and oxygen atoms in total. The summed E-state index contributed by atoms with van der Waals surface area (Å²) in [6, 6.07) is 15.3. The van der Waals surface area contributed by atoms with E-state index in [9.17, 15) is 0 Å². The summed E-state index contributed by atoms with van der Waals surface area (Å²) in [5.41, 5.74) is 8.40. The fraction of sp³-hybridized carbons (Fsp3) is 0.211. The Bertz CT molecular complexity index is 632. The molecule has 0 aromatic heterocycles. The minimum absolute atomic E-state index is 1.10. The van der Waals surface area contributed by atoms with Crippen LogP contribution >= 0.6 is 0 Å². The number of rotatable bonds is 3. The highest BCUT2D eigenvalue weighted by molar-refractivity contribution is 5.95. The van der Waals surface area contributed by atoms with E-state index < -0.39 is 0 Å². The lowest BCUT2D eigenvalue weighted by Gasteiger charge is -2.13. The molecule has 1 aliphatic rings. The van der Waals surface area contributed by atoms with Crippen LogP contribution in [0.4, 0.5) is 0 Å². The van der Waals surface area contributed by atoms with Crippen molar-refractivity contribution in [1.82, 2.24) is 0 Å². The molecule has 0 spiro atoms. The maximum absolute atomic E-state index is 2.31. The monoisotopic (exact) mass is 247 g/mol. The van der Waals surface area contributed by atoms with Crippen LogP contribution in [0.5, 0.6) is 0 Å². The quantitative estimate of drug-likeness (QED) is 0.722. The van der Waals surface area contributed by atoms with Crippen LogP contribution in [0.25, 0.3) is 11.6 Å². The van der Waals surface area contributed by atoms with E-state index in [1.165, 1.54) is 33.4 Å². The summed E-state index contributed by atoms with van der Waals surface area (Å²) >= 11 is 0. The van der Waals surface area contributed by atoms with Crippen LogP contribution in [0.3, 0.4) is 0 Å². The number of fused-ring (bicyclic) bond motifs is 1. The molecular weight excluding hydrogens is 228 g/mol. The van der Waals surface area contributed by atoms with Crippen LogP contribution in [0.15, 0.2) is 42.5 Å². The van der Waals surface area contributed by atoms with Crippen molar-refractivity contribution in [2.75, 3.05) is 0 Å². The standard InChI is InChI=1S/C19H19/c1-3-14-10-7-11-19(18(14)4-2)17-12-15-8-5-6-9-16(15)13-17/h5-13H,3-4H2,1-2H3. The van der Waals surface area contributed by atoms with E-state index in [0.717, 1.165) is 12.8 Å². The molecule has 0 amide bonds. The second-order valence-corrected chi connectivity index (χ2v) is 5.02. The Labute approximate surface area is 115 Å². The van der Waals surface area contributed by atoms with Crippen LogP contribution in [0, 0.1) is 6.42 Å². The Hall–Kier alpha value is -1.82. The second-order valence-electron chi connectivity index (χ2n) is 5.02. The topological polar surface area (TPSA) is 0 Å². The van der Waals surface area contributed by atoms with Crippen LogP contribution in [0.2, 0.25) is 0 Å².